The number of pyridine rings is 2. The first-order valence-electron chi connectivity index (χ1n) is 11.4. The summed E-state index contributed by atoms with van der Waals surface area (Å²) < 4.78 is 5.61. The van der Waals surface area contributed by atoms with Crippen LogP contribution < -0.4 is 20.7 Å². The van der Waals surface area contributed by atoms with Crippen molar-refractivity contribution in [3.63, 3.8) is 0 Å². The number of hydrogen-bond donors (Lipinski definition) is 3. The van der Waals surface area contributed by atoms with E-state index in [9.17, 15) is 4.79 Å². The number of amides is 1. The smallest absolute Gasteiger partial charge is 0.247 e. The van der Waals surface area contributed by atoms with Gasteiger partial charge in [-0.25, -0.2) is 9.97 Å². The Morgan fingerprint density at radius 1 is 1.11 bits per heavy atom. The number of aromatic nitrogens is 4. The van der Waals surface area contributed by atoms with Crippen molar-refractivity contribution >= 4 is 39.8 Å². The Hall–Kier alpha value is -4.57. The third-order valence-corrected chi connectivity index (χ3v) is 5.84. The van der Waals surface area contributed by atoms with E-state index in [0.29, 0.717) is 40.3 Å². The van der Waals surface area contributed by atoms with Gasteiger partial charge in [0.25, 0.3) is 0 Å². The van der Waals surface area contributed by atoms with Crippen molar-refractivity contribution in [2.24, 2.45) is 0 Å². The number of likely N-dealkylation sites (tertiary alicyclic amines) is 1. The molecule has 0 radical (unpaired) electrons. The van der Waals surface area contributed by atoms with Crippen LogP contribution >= 0.6 is 0 Å². The number of methoxy groups -OCH3 is 1. The summed E-state index contributed by atoms with van der Waals surface area (Å²) in [5.74, 6) is 0.768. The van der Waals surface area contributed by atoms with Crippen molar-refractivity contribution in [2.75, 3.05) is 43.2 Å². The molecule has 0 aliphatic carbocycles. The van der Waals surface area contributed by atoms with Gasteiger partial charge in [-0.05, 0) is 43.5 Å². The highest BCUT2D eigenvalue weighted by Crippen LogP contribution is 2.32. The van der Waals surface area contributed by atoms with Crippen molar-refractivity contribution < 1.29 is 9.53 Å². The summed E-state index contributed by atoms with van der Waals surface area (Å²) in [5, 5.41) is 10.3. The van der Waals surface area contributed by atoms with Gasteiger partial charge < -0.3 is 25.6 Å². The summed E-state index contributed by atoms with van der Waals surface area (Å²) in [6.07, 6.45) is 6.23. The number of ether oxygens (including phenoxy) is 1. The number of benzene rings is 1. The number of carbonyl (C=O) groups excluding carboxylic acids is 1. The predicted octanol–water partition coefficient (Wildman–Crippen LogP) is 3.69. The Bertz CT molecular complexity index is 1430. The Labute approximate surface area is 208 Å². The number of hydrogen-bond acceptors (Lipinski definition) is 9. The van der Waals surface area contributed by atoms with Crippen molar-refractivity contribution in [2.45, 2.75) is 6.04 Å². The average molecular weight is 483 g/mol. The Balaban J connectivity index is 1.43. The zero-order chi connectivity index (χ0) is 25.1. The van der Waals surface area contributed by atoms with Gasteiger partial charge in [0.05, 0.1) is 24.5 Å². The molecule has 10 heteroatoms. The van der Waals surface area contributed by atoms with Gasteiger partial charge in [0.1, 0.15) is 17.0 Å². The van der Waals surface area contributed by atoms with E-state index in [0.717, 1.165) is 29.9 Å². The van der Waals surface area contributed by atoms with Gasteiger partial charge in [-0.15, -0.1) is 0 Å². The molecule has 0 bridgehead atoms. The minimum Gasteiger partial charge on any atom is -0.494 e. The van der Waals surface area contributed by atoms with Gasteiger partial charge in [-0.1, -0.05) is 6.58 Å². The first kappa shape index (κ1) is 23.2. The molecule has 1 aliphatic heterocycles. The molecule has 182 valence electrons. The lowest BCUT2D eigenvalue weighted by atomic mass is 10.1. The molecule has 0 spiro atoms. The number of fused-ring (bicyclic) bond motifs is 1. The molecule has 3 aromatic heterocycles. The van der Waals surface area contributed by atoms with E-state index in [1.54, 1.807) is 37.8 Å². The molecule has 10 nitrogen and oxygen atoms in total. The minimum atomic E-state index is -0.304. The van der Waals surface area contributed by atoms with Crippen LogP contribution in [0.4, 0.5) is 23.0 Å². The van der Waals surface area contributed by atoms with Gasteiger partial charge in [0.15, 0.2) is 0 Å². The molecule has 1 fully saturated rings. The van der Waals surface area contributed by atoms with Crippen LogP contribution in [0.3, 0.4) is 0 Å². The van der Waals surface area contributed by atoms with Crippen molar-refractivity contribution in [3.8, 4) is 17.1 Å². The number of nitrogens with zero attached hydrogens (tertiary/aromatic N) is 5. The maximum absolute atomic E-state index is 11.7. The maximum atomic E-state index is 11.7. The average Bonchev–Trinajstić information content (AvgIpc) is 2.88. The van der Waals surface area contributed by atoms with Gasteiger partial charge in [-0.2, -0.15) is 0 Å². The quantitative estimate of drug-likeness (QED) is 0.323. The summed E-state index contributed by atoms with van der Waals surface area (Å²) in [4.78, 5) is 32.1. The lowest BCUT2D eigenvalue weighted by Crippen LogP contribution is -2.52. The molecule has 4 aromatic rings. The Morgan fingerprint density at radius 3 is 2.72 bits per heavy atom. The van der Waals surface area contributed by atoms with Gasteiger partial charge >= 0.3 is 0 Å². The molecular weight excluding hydrogens is 456 g/mol. The highest BCUT2D eigenvalue weighted by atomic mass is 16.5. The van der Waals surface area contributed by atoms with Crippen molar-refractivity contribution in [1.82, 2.24) is 24.8 Å². The minimum absolute atomic E-state index is 0.304. The predicted molar refractivity (Wildman–Crippen MR) is 141 cm³/mol. The monoisotopic (exact) mass is 482 g/mol. The first-order chi connectivity index (χ1) is 17.5. The third-order valence-electron chi connectivity index (χ3n) is 5.84. The van der Waals surface area contributed by atoms with E-state index in [1.807, 2.05) is 24.3 Å². The fraction of sp³-hybridized carbons (Fsp3) is 0.192. The van der Waals surface area contributed by atoms with Crippen LogP contribution in [0.1, 0.15) is 0 Å². The zero-order valence-electron chi connectivity index (χ0n) is 20.0. The largest absolute Gasteiger partial charge is 0.494 e. The number of rotatable bonds is 8. The maximum Gasteiger partial charge on any atom is 0.247 e. The molecule has 1 aromatic carbocycles. The second kappa shape index (κ2) is 9.96. The highest BCUT2D eigenvalue weighted by molar-refractivity contribution is 5.99. The second-order valence-corrected chi connectivity index (χ2v) is 8.52. The van der Waals surface area contributed by atoms with E-state index in [1.165, 1.54) is 6.08 Å². The van der Waals surface area contributed by atoms with E-state index in [4.69, 9.17) is 9.72 Å². The van der Waals surface area contributed by atoms with E-state index in [2.05, 4.69) is 49.4 Å². The normalized spacial score (nSPS) is 13.6. The third kappa shape index (κ3) is 4.93. The Kier molecular flexibility index (Phi) is 6.42. The zero-order valence-corrected chi connectivity index (χ0v) is 20.0. The van der Waals surface area contributed by atoms with Crippen LogP contribution in [0.2, 0.25) is 0 Å². The molecule has 0 unspecified atom stereocenters. The van der Waals surface area contributed by atoms with Gasteiger partial charge in [0.2, 0.25) is 11.9 Å². The van der Waals surface area contributed by atoms with Crippen molar-refractivity contribution in [3.05, 3.63) is 67.6 Å². The molecular formula is C26H26N8O2. The summed E-state index contributed by atoms with van der Waals surface area (Å²) >= 11 is 0. The molecule has 0 saturated carbocycles. The van der Waals surface area contributed by atoms with Gasteiger partial charge in [0, 0.05) is 54.5 Å². The van der Waals surface area contributed by atoms with Crippen LogP contribution in [0.5, 0.6) is 5.75 Å². The van der Waals surface area contributed by atoms with Gasteiger partial charge in [-0.3, -0.25) is 14.8 Å². The summed E-state index contributed by atoms with van der Waals surface area (Å²) in [6, 6.07) is 11.6. The fourth-order valence-corrected chi connectivity index (χ4v) is 4.07. The fourth-order valence-electron chi connectivity index (χ4n) is 4.07. The molecule has 5 rings (SSSR count). The van der Waals surface area contributed by atoms with Crippen LogP contribution in [-0.2, 0) is 4.79 Å². The summed E-state index contributed by atoms with van der Waals surface area (Å²) in [5.41, 5.74) is 4.09. The topological polar surface area (TPSA) is 117 Å². The van der Waals surface area contributed by atoms with E-state index < -0.39 is 0 Å². The molecule has 1 amide bonds. The standard InChI is InChI=1S/C26H26N8O2/c1-4-23(35)31-18-8-10-27-21(11-18)25-24-16(7-9-28-25)13-29-26(33-24)32-20-6-5-17(12-22(20)36-3)30-19-14-34(2)15-19/h4-13,19,30H,1,14-15H2,2-3H3,(H,27,31,35)(H,29,32,33). The molecule has 0 atom stereocenters. The molecule has 3 N–H and O–H groups in total. The van der Waals surface area contributed by atoms with E-state index in [-0.39, 0.29) is 5.91 Å². The number of likely N-dealkylation sites (N-methyl/N-ethyl adjacent to an activating group) is 1. The lowest BCUT2D eigenvalue weighted by molar-refractivity contribution is -0.111. The van der Waals surface area contributed by atoms with Crippen LogP contribution in [0.15, 0.2) is 67.6 Å². The molecule has 1 aliphatic rings. The highest BCUT2D eigenvalue weighted by Gasteiger charge is 2.23. The first-order valence-corrected chi connectivity index (χ1v) is 11.4. The summed E-state index contributed by atoms with van der Waals surface area (Å²) in [7, 11) is 3.73. The number of nitrogens with one attached hydrogen (secondary N) is 3. The number of carbonyl (C=O) groups is 1. The Morgan fingerprint density at radius 2 is 1.94 bits per heavy atom. The molecule has 36 heavy (non-hydrogen) atoms. The van der Waals surface area contributed by atoms with Crippen molar-refractivity contribution in [1.29, 1.82) is 0 Å². The van der Waals surface area contributed by atoms with Crippen LogP contribution in [0.25, 0.3) is 22.3 Å². The van der Waals surface area contributed by atoms with Crippen LogP contribution in [0, 0.1) is 0 Å². The molecule has 1 saturated heterocycles. The second-order valence-electron chi connectivity index (χ2n) is 8.52. The summed E-state index contributed by atoms with van der Waals surface area (Å²) in [6.45, 7) is 5.51. The van der Waals surface area contributed by atoms with Crippen LogP contribution in [-0.4, -0.2) is 64.0 Å². The SMILES string of the molecule is C=CC(=O)Nc1ccnc(-c2nccc3cnc(Nc4ccc(NC5CN(C)C5)cc4OC)nc23)c1. The lowest BCUT2D eigenvalue weighted by Gasteiger charge is -2.37. The molecule has 4 heterocycles. The van der Waals surface area contributed by atoms with E-state index >= 15 is 0 Å². The number of anilines is 4.